The molecule has 1 aromatic rings. The van der Waals surface area contributed by atoms with Gasteiger partial charge in [0.1, 0.15) is 5.60 Å². The molecule has 5 nitrogen and oxygen atoms in total. The predicted octanol–water partition coefficient (Wildman–Crippen LogP) is 3.80. The van der Waals surface area contributed by atoms with Gasteiger partial charge in [0.25, 0.3) is 0 Å². The van der Waals surface area contributed by atoms with E-state index in [9.17, 15) is 9.59 Å². The minimum atomic E-state index is -0.499. The molecule has 24 heavy (non-hydrogen) atoms. The van der Waals surface area contributed by atoms with E-state index < -0.39 is 5.60 Å². The molecule has 1 aliphatic rings. The standard InChI is InChI=1S/C19H27NO4/c1-14-8-5-6-10-16(14)17(21)23-13-15-9-7-11-20(12-15)18(22)24-19(2,3)4/h5-6,8,10,15H,7,9,11-13H2,1-4H3. The van der Waals surface area contributed by atoms with E-state index >= 15 is 0 Å². The van der Waals surface area contributed by atoms with Crippen molar-refractivity contribution in [2.75, 3.05) is 19.7 Å². The summed E-state index contributed by atoms with van der Waals surface area (Å²) >= 11 is 0. The van der Waals surface area contributed by atoms with Crippen LogP contribution in [0.3, 0.4) is 0 Å². The van der Waals surface area contributed by atoms with Gasteiger partial charge in [0.15, 0.2) is 0 Å². The largest absolute Gasteiger partial charge is 0.462 e. The SMILES string of the molecule is Cc1ccccc1C(=O)OCC1CCCN(C(=O)OC(C)(C)C)C1. The number of nitrogens with zero attached hydrogens (tertiary/aromatic N) is 1. The first-order chi connectivity index (χ1) is 11.3. The monoisotopic (exact) mass is 333 g/mol. The number of esters is 1. The number of carbonyl (C=O) groups excluding carboxylic acids is 2. The van der Waals surface area contributed by atoms with Crippen LogP contribution < -0.4 is 0 Å². The van der Waals surface area contributed by atoms with E-state index in [0.717, 1.165) is 18.4 Å². The summed E-state index contributed by atoms with van der Waals surface area (Å²) in [5.41, 5.74) is 1.00. The first-order valence-electron chi connectivity index (χ1n) is 8.47. The Bertz CT molecular complexity index is 591. The van der Waals surface area contributed by atoms with Crippen LogP contribution in [-0.2, 0) is 9.47 Å². The first kappa shape index (κ1) is 18.3. The number of hydrogen-bond acceptors (Lipinski definition) is 4. The Morgan fingerprint density at radius 2 is 1.96 bits per heavy atom. The zero-order chi connectivity index (χ0) is 17.7. The molecule has 1 saturated heterocycles. The molecule has 1 aromatic carbocycles. The number of ether oxygens (including phenoxy) is 2. The minimum absolute atomic E-state index is 0.152. The fourth-order valence-corrected chi connectivity index (χ4v) is 2.77. The Kier molecular flexibility index (Phi) is 5.86. The van der Waals surface area contributed by atoms with Crippen molar-refractivity contribution in [3.63, 3.8) is 0 Å². The molecule has 2 rings (SSSR count). The lowest BCUT2D eigenvalue weighted by Crippen LogP contribution is -2.44. The third-order valence-electron chi connectivity index (χ3n) is 3.99. The molecule has 5 heteroatoms. The summed E-state index contributed by atoms with van der Waals surface area (Å²) < 4.78 is 10.9. The molecule has 0 spiro atoms. The fourth-order valence-electron chi connectivity index (χ4n) is 2.77. The van der Waals surface area contributed by atoms with E-state index in [1.54, 1.807) is 11.0 Å². The van der Waals surface area contributed by atoms with Crippen LogP contribution in [0.4, 0.5) is 4.79 Å². The average Bonchev–Trinajstić information content (AvgIpc) is 2.52. The van der Waals surface area contributed by atoms with Gasteiger partial charge in [-0.2, -0.15) is 0 Å². The highest BCUT2D eigenvalue weighted by Crippen LogP contribution is 2.20. The third-order valence-corrected chi connectivity index (χ3v) is 3.99. The molecule has 1 atom stereocenters. The van der Waals surface area contributed by atoms with Crippen molar-refractivity contribution in [3.05, 3.63) is 35.4 Å². The van der Waals surface area contributed by atoms with Gasteiger partial charge in [-0.25, -0.2) is 9.59 Å². The Morgan fingerprint density at radius 3 is 2.62 bits per heavy atom. The van der Waals surface area contributed by atoms with E-state index in [1.165, 1.54) is 0 Å². The number of hydrogen-bond donors (Lipinski definition) is 0. The molecule has 132 valence electrons. The smallest absolute Gasteiger partial charge is 0.410 e. The summed E-state index contributed by atoms with van der Waals surface area (Å²) in [6.07, 6.45) is 1.55. The predicted molar refractivity (Wildman–Crippen MR) is 92.0 cm³/mol. The molecule has 0 N–H and O–H groups in total. The van der Waals surface area contributed by atoms with Crippen molar-refractivity contribution in [2.24, 2.45) is 5.92 Å². The summed E-state index contributed by atoms with van der Waals surface area (Å²) in [5, 5.41) is 0. The van der Waals surface area contributed by atoms with Crippen molar-refractivity contribution in [1.82, 2.24) is 4.90 Å². The highest BCUT2D eigenvalue weighted by molar-refractivity contribution is 5.90. The van der Waals surface area contributed by atoms with Crippen molar-refractivity contribution in [3.8, 4) is 0 Å². The number of carbonyl (C=O) groups is 2. The normalized spacial score (nSPS) is 18.2. The molecule has 0 aliphatic carbocycles. The maximum Gasteiger partial charge on any atom is 0.410 e. The number of benzene rings is 1. The molecular weight excluding hydrogens is 306 g/mol. The van der Waals surface area contributed by atoms with Crippen LogP contribution in [0.25, 0.3) is 0 Å². The quantitative estimate of drug-likeness (QED) is 0.790. The van der Waals surface area contributed by atoms with Crippen LogP contribution in [0.15, 0.2) is 24.3 Å². The van der Waals surface area contributed by atoms with Gasteiger partial charge in [0.2, 0.25) is 0 Å². The first-order valence-corrected chi connectivity index (χ1v) is 8.47. The molecule has 1 amide bonds. The third kappa shape index (κ3) is 5.25. The second-order valence-corrected chi connectivity index (χ2v) is 7.35. The van der Waals surface area contributed by atoms with Gasteiger partial charge in [-0.15, -0.1) is 0 Å². The lowest BCUT2D eigenvalue weighted by atomic mass is 9.99. The number of amides is 1. The summed E-state index contributed by atoms with van der Waals surface area (Å²) in [5.74, 6) is -0.151. The van der Waals surface area contributed by atoms with Gasteiger partial charge in [0.05, 0.1) is 12.2 Å². The Labute approximate surface area is 143 Å². The maximum atomic E-state index is 12.2. The van der Waals surface area contributed by atoms with Crippen LogP contribution in [0.5, 0.6) is 0 Å². The summed E-state index contributed by atoms with van der Waals surface area (Å²) in [7, 11) is 0. The van der Waals surface area contributed by atoms with Gasteiger partial charge in [-0.1, -0.05) is 18.2 Å². The number of rotatable bonds is 3. The minimum Gasteiger partial charge on any atom is -0.462 e. The van der Waals surface area contributed by atoms with Gasteiger partial charge in [-0.3, -0.25) is 0 Å². The Hall–Kier alpha value is -2.04. The number of likely N-dealkylation sites (tertiary alicyclic amines) is 1. The van der Waals surface area contributed by atoms with Crippen molar-refractivity contribution in [1.29, 1.82) is 0 Å². The fraction of sp³-hybridized carbons (Fsp3) is 0.579. The van der Waals surface area contributed by atoms with Crippen molar-refractivity contribution < 1.29 is 19.1 Å². The van der Waals surface area contributed by atoms with E-state index in [4.69, 9.17) is 9.47 Å². The van der Waals surface area contributed by atoms with E-state index in [2.05, 4.69) is 0 Å². The highest BCUT2D eigenvalue weighted by atomic mass is 16.6. The van der Waals surface area contributed by atoms with Gasteiger partial charge < -0.3 is 14.4 Å². The van der Waals surface area contributed by atoms with E-state index in [1.807, 2.05) is 45.9 Å². The average molecular weight is 333 g/mol. The number of aryl methyl sites for hydroxylation is 1. The molecule has 0 radical (unpaired) electrons. The lowest BCUT2D eigenvalue weighted by molar-refractivity contribution is 0.00885. The van der Waals surface area contributed by atoms with E-state index in [0.29, 0.717) is 25.3 Å². The molecule has 1 unspecified atom stereocenters. The molecule has 1 fully saturated rings. The van der Waals surface area contributed by atoms with Crippen LogP contribution in [0, 0.1) is 12.8 Å². The van der Waals surface area contributed by atoms with Gasteiger partial charge in [-0.05, 0) is 52.2 Å². The Balaban J connectivity index is 1.86. The molecule has 0 bridgehead atoms. The van der Waals surface area contributed by atoms with Crippen LogP contribution in [0.2, 0.25) is 0 Å². The van der Waals surface area contributed by atoms with E-state index in [-0.39, 0.29) is 18.0 Å². The highest BCUT2D eigenvalue weighted by Gasteiger charge is 2.28. The topological polar surface area (TPSA) is 55.8 Å². The summed E-state index contributed by atoms with van der Waals surface area (Å²) in [6, 6.07) is 7.38. The van der Waals surface area contributed by atoms with Crippen LogP contribution in [0.1, 0.15) is 49.5 Å². The number of piperidine rings is 1. The Morgan fingerprint density at radius 1 is 1.25 bits per heavy atom. The van der Waals surface area contributed by atoms with Gasteiger partial charge in [0, 0.05) is 19.0 Å². The van der Waals surface area contributed by atoms with Crippen molar-refractivity contribution in [2.45, 2.75) is 46.1 Å². The van der Waals surface area contributed by atoms with Crippen molar-refractivity contribution >= 4 is 12.1 Å². The lowest BCUT2D eigenvalue weighted by Gasteiger charge is -2.33. The zero-order valence-corrected chi connectivity index (χ0v) is 15.0. The second-order valence-electron chi connectivity index (χ2n) is 7.35. The van der Waals surface area contributed by atoms with Gasteiger partial charge >= 0.3 is 12.1 Å². The zero-order valence-electron chi connectivity index (χ0n) is 15.0. The molecule has 1 aliphatic heterocycles. The summed E-state index contributed by atoms with van der Waals surface area (Å²) in [4.78, 5) is 26.1. The molecule has 1 heterocycles. The van der Waals surface area contributed by atoms with Crippen LogP contribution >= 0.6 is 0 Å². The maximum absolute atomic E-state index is 12.2. The molecular formula is C19H27NO4. The molecule has 0 aromatic heterocycles. The van der Waals surface area contributed by atoms with Crippen LogP contribution in [-0.4, -0.2) is 42.3 Å². The summed E-state index contributed by atoms with van der Waals surface area (Å²) in [6.45, 7) is 9.05. The molecule has 0 saturated carbocycles. The second kappa shape index (κ2) is 7.69.